The monoisotopic (exact) mass is 245 g/mol. The molecule has 4 heteroatoms. The van der Waals surface area contributed by atoms with E-state index in [0.717, 1.165) is 24.9 Å². The summed E-state index contributed by atoms with van der Waals surface area (Å²) in [4.78, 5) is 13.0. The minimum Gasteiger partial charge on any atom is -0.369 e. The highest BCUT2D eigenvalue weighted by Crippen LogP contribution is 2.11. The molecule has 18 heavy (non-hydrogen) atoms. The Morgan fingerprint density at radius 1 is 1.44 bits per heavy atom. The minimum absolute atomic E-state index is 0.236. The molecule has 4 nitrogen and oxygen atoms in total. The number of benzene rings is 1. The predicted octanol–water partition coefficient (Wildman–Crippen LogP) is 1.65. The van der Waals surface area contributed by atoms with Gasteiger partial charge in [0.2, 0.25) is 5.91 Å². The number of primary amides is 1. The Morgan fingerprint density at radius 3 is 2.78 bits per heavy atom. The third-order valence-electron chi connectivity index (χ3n) is 2.74. The van der Waals surface area contributed by atoms with E-state index in [1.54, 1.807) is 6.07 Å². The molecule has 1 aromatic carbocycles. The maximum atomic E-state index is 11.0. The number of nitriles is 1. The molecule has 0 aliphatic rings. The lowest BCUT2D eigenvalue weighted by molar-refractivity contribution is -0.119. The first-order valence-electron chi connectivity index (χ1n) is 6.16. The SMILES string of the molecule is CCCCN(CC(N)=O)Cc1ccccc1C#N. The van der Waals surface area contributed by atoms with Crippen molar-refractivity contribution >= 4 is 5.91 Å². The highest BCUT2D eigenvalue weighted by atomic mass is 16.1. The lowest BCUT2D eigenvalue weighted by Crippen LogP contribution is -2.34. The Labute approximate surface area is 108 Å². The van der Waals surface area contributed by atoms with E-state index in [0.29, 0.717) is 12.1 Å². The van der Waals surface area contributed by atoms with Gasteiger partial charge in [0, 0.05) is 6.54 Å². The molecule has 0 heterocycles. The van der Waals surface area contributed by atoms with E-state index in [2.05, 4.69) is 13.0 Å². The summed E-state index contributed by atoms with van der Waals surface area (Å²) in [6.45, 7) is 3.75. The first kappa shape index (κ1) is 14.2. The third-order valence-corrected chi connectivity index (χ3v) is 2.74. The summed E-state index contributed by atoms with van der Waals surface area (Å²) in [7, 11) is 0. The molecule has 0 spiro atoms. The van der Waals surface area contributed by atoms with Crippen molar-refractivity contribution in [2.45, 2.75) is 26.3 Å². The van der Waals surface area contributed by atoms with Crippen LogP contribution in [-0.2, 0) is 11.3 Å². The molecule has 0 aromatic heterocycles. The molecule has 0 saturated carbocycles. The smallest absolute Gasteiger partial charge is 0.231 e. The summed E-state index contributed by atoms with van der Waals surface area (Å²) in [6.07, 6.45) is 2.08. The van der Waals surface area contributed by atoms with Gasteiger partial charge >= 0.3 is 0 Å². The number of hydrogen-bond donors (Lipinski definition) is 1. The highest BCUT2D eigenvalue weighted by molar-refractivity contribution is 5.75. The molecule has 1 aromatic rings. The van der Waals surface area contributed by atoms with Crippen molar-refractivity contribution in [3.05, 3.63) is 35.4 Å². The summed E-state index contributed by atoms with van der Waals surface area (Å²) >= 11 is 0. The quantitative estimate of drug-likeness (QED) is 0.794. The maximum absolute atomic E-state index is 11.0. The largest absolute Gasteiger partial charge is 0.369 e. The van der Waals surface area contributed by atoms with Gasteiger partial charge in [-0.05, 0) is 24.6 Å². The first-order valence-corrected chi connectivity index (χ1v) is 6.16. The topological polar surface area (TPSA) is 70.1 Å². The van der Waals surface area contributed by atoms with E-state index in [1.807, 2.05) is 23.1 Å². The zero-order chi connectivity index (χ0) is 13.4. The van der Waals surface area contributed by atoms with E-state index in [4.69, 9.17) is 11.0 Å². The van der Waals surface area contributed by atoms with Crippen LogP contribution in [0.15, 0.2) is 24.3 Å². The summed E-state index contributed by atoms with van der Waals surface area (Å²) in [6, 6.07) is 9.61. The molecule has 0 fully saturated rings. The molecule has 0 aliphatic carbocycles. The molecule has 2 N–H and O–H groups in total. The second-order valence-corrected chi connectivity index (χ2v) is 4.30. The standard InChI is InChI=1S/C14H19N3O/c1-2-3-8-17(11-14(16)18)10-13-7-5-4-6-12(13)9-15/h4-7H,2-3,8,10-11H2,1H3,(H2,16,18). The summed E-state index contributed by atoms with van der Waals surface area (Å²) in [5.41, 5.74) is 6.84. The average molecular weight is 245 g/mol. The zero-order valence-corrected chi connectivity index (χ0v) is 10.7. The van der Waals surface area contributed by atoms with E-state index >= 15 is 0 Å². The lowest BCUT2D eigenvalue weighted by Gasteiger charge is -2.20. The van der Waals surface area contributed by atoms with Crippen LogP contribution in [0.2, 0.25) is 0 Å². The second kappa shape index (κ2) is 7.46. The number of carbonyl (C=O) groups excluding carboxylic acids is 1. The fourth-order valence-corrected chi connectivity index (χ4v) is 1.82. The Kier molecular flexibility index (Phi) is 5.89. The normalized spacial score (nSPS) is 10.3. The molecule has 0 radical (unpaired) electrons. The minimum atomic E-state index is -0.333. The van der Waals surface area contributed by atoms with Crippen molar-refractivity contribution in [1.29, 1.82) is 5.26 Å². The molecule has 96 valence electrons. The second-order valence-electron chi connectivity index (χ2n) is 4.30. The fraction of sp³-hybridized carbons (Fsp3) is 0.429. The van der Waals surface area contributed by atoms with Crippen LogP contribution in [-0.4, -0.2) is 23.9 Å². The number of unbranched alkanes of at least 4 members (excludes halogenated alkanes) is 1. The van der Waals surface area contributed by atoms with Gasteiger partial charge in [-0.15, -0.1) is 0 Å². The van der Waals surface area contributed by atoms with Crippen LogP contribution >= 0.6 is 0 Å². The number of carbonyl (C=O) groups is 1. The van der Waals surface area contributed by atoms with E-state index in [-0.39, 0.29) is 12.5 Å². The molecule has 1 amide bonds. The van der Waals surface area contributed by atoms with Crippen LogP contribution in [0.25, 0.3) is 0 Å². The number of nitrogens with two attached hydrogens (primary N) is 1. The number of amides is 1. The first-order chi connectivity index (χ1) is 8.67. The van der Waals surface area contributed by atoms with E-state index < -0.39 is 0 Å². The van der Waals surface area contributed by atoms with Crippen molar-refractivity contribution in [2.75, 3.05) is 13.1 Å². The molecule has 0 bridgehead atoms. The van der Waals surface area contributed by atoms with Crippen LogP contribution in [0, 0.1) is 11.3 Å². The molecule has 0 aliphatic heterocycles. The van der Waals surface area contributed by atoms with Gasteiger partial charge in [-0.25, -0.2) is 0 Å². The zero-order valence-electron chi connectivity index (χ0n) is 10.7. The van der Waals surface area contributed by atoms with Gasteiger partial charge in [-0.2, -0.15) is 5.26 Å². The van der Waals surface area contributed by atoms with Crippen LogP contribution in [0.1, 0.15) is 30.9 Å². The van der Waals surface area contributed by atoms with Gasteiger partial charge in [0.1, 0.15) is 0 Å². The number of hydrogen-bond acceptors (Lipinski definition) is 3. The van der Waals surface area contributed by atoms with Crippen molar-refractivity contribution in [3.63, 3.8) is 0 Å². The highest BCUT2D eigenvalue weighted by Gasteiger charge is 2.10. The van der Waals surface area contributed by atoms with Gasteiger partial charge in [-0.1, -0.05) is 31.5 Å². The van der Waals surface area contributed by atoms with Gasteiger partial charge in [0.25, 0.3) is 0 Å². The van der Waals surface area contributed by atoms with Crippen molar-refractivity contribution in [2.24, 2.45) is 5.73 Å². The lowest BCUT2D eigenvalue weighted by atomic mass is 10.1. The average Bonchev–Trinajstić information content (AvgIpc) is 2.36. The van der Waals surface area contributed by atoms with Gasteiger partial charge < -0.3 is 5.73 Å². The van der Waals surface area contributed by atoms with Crippen LogP contribution < -0.4 is 5.73 Å². The predicted molar refractivity (Wildman–Crippen MR) is 70.5 cm³/mol. The van der Waals surface area contributed by atoms with Crippen molar-refractivity contribution in [1.82, 2.24) is 4.90 Å². The maximum Gasteiger partial charge on any atom is 0.231 e. The molecule has 1 rings (SSSR count). The fourth-order valence-electron chi connectivity index (χ4n) is 1.82. The van der Waals surface area contributed by atoms with Crippen LogP contribution in [0.5, 0.6) is 0 Å². The van der Waals surface area contributed by atoms with E-state index in [1.165, 1.54) is 0 Å². The Morgan fingerprint density at radius 2 is 2.17 bits per heavy atom. The van der Waals surface area contributed by atoms with Crippen LogP contribution in [0.3, 0.4) is 0 Å². The van der Waals surface area contributed by atoms with Gasteiger partial charge in [0.05, 0.1) is 18.2 Å². The van der Waals surface area contributed by atoms with Crippen molar-refractivity contribution < 1.29 is 4.79 Å². The third kappa shape index (κ3) is 4.56. The van der Waals surface area contributed by atoms with E-state index in [9.17, 15) is 4.79 Å². The molecular formula is C14H19N3O. The summed E-state index contributed by atoms with van der Waals surface area (Å²) < 4.78 is 0. The molecular weight excluding hydrogens is 226 g/mol. The molecule has 0 atom stereocenters. The van der Waals surface area contributed by atoms with Gasteiger partial charge in [0.15, 0.2) is 0 Å². The van der Waals surface area contributed by atoms with Gasteiger partial charge in [-0.3, -0.25) is 9.69 Å². The van der Waals surface area contributed by atoms with Crippen LogP contribution in [0.4, 0.5) is 0 Å². The van der Waals surface area contributed by atoms with Crippen molar-refractivity contribution in [3.8, 4) is 6.07 Å². The number of rotatable bonds is 7. The number of nitrogens with zero attached hydrogens (tertiary/aromatic N) is 2. The Balaban J connectivity index is 2.75. The summed E-state index contributed by atoms with van der Waals surface area (Å²) in [5.74, 6) is -0.333. The summed E-state index contributed by atoms with van der Waals surface area (Å²) in [5, 5.41) is 9.03. The molecule has 0 unspecified atom stereocenters. The molecule has 0 saturated heterocycles. The Hall–Kier alpha value is -1.86. The Bertz CT molecular complexity index is 437.